The summed E-state index contributed by atoms with van der Waals surface area (Å²) in [4.78, 5) is 26.7. The predicted octanol–water partition coefficient (Wildman–Crippen LogP) is 4.89. The van der Waals surface area contributed by atoms with Gasteiger partial charge < -0.3 is 19.3 Å². The second kappa shape index (κ2) is 12.6. The molecule has 3 saturated heterocycles. The van der Waals surface area contributed by atoms with Crippen molar-refractivity contribution in [2.45, 2.75) is 63.3 Å². The van der Waals surface area contributed by atoms with Gasteiger partial charge in [-0.2, -0.15) is 9.29 Å². The molecule has 1 aromatic heterocycles. The molecule has 3 aliphatic heterocycles. The number of methoxy groups -OCH3 is 1. The molecule has 4 heterocycles. The second-order valence-corrected chi connectivity index (χ2v) is 14.1. The highest BCUT2D eigenvalue weighted by molar-refractivity contribution is 7.89. The van der Waals surface area contributed by atoms with E-state index in [0.717, 1.165) is 24.9 Å². The molecule has 1 unspecified atom stereocenters. The number of amides is 1. The number of ether oxygens (including phenoxy) is 2. The third-order valence-corrected chi connectivity index (χ3v) is 11.8. The van der Waals surface area contributed by atoms with Crippen LogP contribution in [0.15, 0.2) is 53.6 Å². The van der Waals surface area contributed by atoms with Gasteiger partial charge in [0.1, 0.15) is 24.0 Å². The smallest absolute Gasteiger partial charge is 0.318 e. The molecule has 1 amide bonds. The van der Waals surface area contributed by atoms with Gasteiger partial charge in [-0.15, -0.1) is 0 Å². The number of anilines is 2. The standard InChI is InChI=1S/C33H40FN5O5S/c1-23-20-28(43-3)21-24(2)30(23)45(41,42)39-16-5-4-6-27(39)22-44-32-35-15-11-29(36-32)37-17-12-33(13-18-37)14-19-38(31(33)40)26-9-7-25(34)8-10-26/h7-11,15,20-21,27H,4-6,12-14,16-19,22H2,1-3H3. The normalized spacial score (nSPS) is 20.5. The van der Waals surface area contributed by atoms with Crippen LogP contribution in [-0.4, -0.2) is 74.5 Å². The molecule has 3 aromatic rings. The van der Waals surface area contributed by atoms with Crippen LogP contribution in [0.1, 0.15) is 49.7 Å². The Morgan fingerprint density at radius 2 is 1.67 bits per heavy atom. The topological polar surface area (TPSA) is 105 Å². The van der Waals surface area contributed by atoms with E-state index < -0.39 is 15.4 Å². The number of nitrogens with zero attached hydrogens (tertiary/aromatic N) is 5. The van der Waals surface area contributed by atoms with Crippen molar-refractivity contribution >= 4 is 27.4 Å². The maximum Gasteiger partial charge on any atom is 0.318 e. The fourth-order valence-electron chi connectivity index (χ4n) is 7.07. The summed E-state index contributed by atoms with van der Waals surface area (Å²) in [6, 6.07) is 11.3. The lowest BCUT2D eigenvalue weighted by Gasteiger charge is -2.38. The van der Waals surface area contributed by atoms with Gasteiger partial charge in [0, 0.05) is 38.1 Å². The van der Waals surface area contributed by atoms with Crippen LogP contribution >= 0.6 is 0 Å². The molecule has 0 bridgehead atoms. The van der Waals surface area contributed by atoms with Crippen LogP contribution in [0.4, 0.5) is 15.9 Å². The molecular formula is C33H40FN5O5S. The van der Waals surface area contributed by atoms with Gasteiger partial charge in [-0.25, -0.2) is 17.8 Å². The predicted molar refractivity (Wildman–Crippen MR) is 169 cm³/mol. The highest BCUT2D eigenvalue weighted by Crippen LogP contribution is 2.43. The molecule has 10 nitrogen and oxygen atoms in total. The lowest BCUT2D eigenvalue weighted by atomic mass is 9.77. The van der Waals surface area contributed by atoms with Gasteiger partial charge in [-0.1, -0.05) is 6.42 Å². The fraction of sp³-hybridized carbons (Fsp3) is 0.485. The van der Waals surface area contributed by atoms with Crippen molar-refractivity contribution in [1.29, 1.82) is 0 Å². The van der Waals surface area contributed by atoms with Crippen LogP contribution < -0.4 is 19.3 Å². The fourth-order valence-corrected chi connectivity index (χ4v) is 9.17. The zero-order chi connectivity index (χ0) is 31.8. The summed E-state index contributed by atoms with van der Waals surface area (Å²) in [7, 11) is -2.20. The first-order valence-corrected chi connectivity index (χ1v) is 17.0. The van der Waals surface area contributed by atoms with E-state index >= 15 is 0 Å². The average Bonchev–Trinajstić information content (AvgIpc) is 3.35. The van der Waals surface area contributed by atoms with Crippen molar-refractivity contribution in [1.82, 2.24) is 14.3 Å². The van der Waals surface area contributed by atoms with Crippen LogP contribution in [0.5, 0.6) is 11.8 Å². The first-order chi connectivity index (χ1) is 21.6. The van der Waals surface area contributed by atoms with Gasteiger partial charge in [-0.05, 0) is 99.5 Å². The zero-order valence-electron chi connectivity index (χ0n) is 26.0. The summed E-state index contributed by atoms with van der Waals surface area (Å²) in [6.07, 6.45) is 6.20. The van der Waals surface area contributed by atoms with E-state index in [0.29, 0.717) is 73.0 Å². The van der Waals surface area contributed by atoms with Crippen molar-refractivity contribution in [3.05, 3.63) is 65.6 Å². The number of hydrogen-bond acceptors (Lipinski definition) is 8. The Morgan fingerprint density at radius 3 is 2.36 bits per heavy atom. The van der Waals surface area contributed by atoms with E-state index in [1.165, 1.54) is 12.1 Å². The van der Waals surface area contributed by atoms with E-state index in [-0.39, 0.29) is 30.4 Å². The molecule has 1 spiro atoms. The van der Waals surface area contributed by atoms with Crippen LogP contribution in [0, 0.1) is 25.1 Å². The van der Waals surface area contributed by atoms with Crippen LogP contribution in [0.2, 0.25) is 0 Å². The molecule has 2 aromatic carbocycles. The molecule has 240 valence electrons. The Kier molecular flexibility index (Phi) is 8.71. The Labute approximate surface area is 264 Å². The van der Waals surface area contributed by atoms with Crippen molar-refractivity contribution in [2.24, 2.45) is 5.41 Å². The number of benzene rings is 2. The molecule has 12 heteroatoms. The second-order valence-electron chi connectivity index (χ2n) is 12.3. The maximum absolute atomic E-state index is 13.9. The summed E-state index contributed by atoms with van der Waals surface area (Å²) in [5, 5.41) is 0. The molecule has 3 aliphatic rings. The Morgan fingerprint density at radius 1 is 0.978 bits per heavy atom. The monoisotopic (exact) mass is 637 g/mol. The molecule has 0 aliphatic carbocycles. The number of aromatic nitrogens is 2. The zero-order valence-corrected chi connectivity index (χ0v) is 26.9. The van der Waals surface area contributed by atoms with E-state index in [1.54, 1.807) is 60.6 Å². The Balaban J connectivity index is 1.10. The van der Waals surface area contributed by atoms with E-state index in [4.69, 9.17) is 9.47 Å². The number of piperidine rings is 2. The summed E-state index contributed by atoms with van der Waals surface area (Å²) in [5.74, 6) is 1.13. The number of hydrogen-bond donors (Lipinski definition) is 0. The molecule has 0 N–H and O–H groups in total. The number of aryl methyl sites for hydroxylation is 2. The van der Waals surface area contributed by atoms with E-state index in [2.05, 4.69) is 14.9 Å². The van der Waals surface area contributed by atoms with Gasteiger partial charge in [-0.3, -0.25) is 4.79 Å². The van der Waals surface area contributed by atoms with Crippen molar-refractivity contribution < 1.29 is 27.1 Å². The lowest BCUT2D eigenvalue weighted by molar-refractivity contribution is -0.126. The number of sulfonamides is 1. The average molecular weight is 638 g/mol. The SMILES string of the molecule is COc1cc(C)c(S(=O)(=O)N2CCCCC2COc2nccc(N3CCC4(CC3)CCN(c3ccc(F)cc3)C4=O)n2)c(C)c1. The minimum atomic E-state index is -3.77. The number of carbonyl (C=O) groups is 1. The highest BCUT2D eigenvalue weighted by Gasteiger charge is 2.48. The summed E-state index contributed by atoms with van der Waals surface area (Å²) in [5.41, 5.74) is 1.61. The van der Waals surface area contributed by atoms with Crippen molar-refractivity contribution in [3.8, 4) is 11.8 Å². The van der Waals surface area contributed by atoms with Gasteiger partial charge in [0.05, 0.1) is 23.5 Å². The Hall–Kier alpha value is -3.77. The largest absolute Gasteiger partial charge is 0.497 e. The molecule has 1 atom stereocenters. The van der Waals surface area contributed by atoms with Gasteiger partial charge in [0.15, 0.2) is 0 Å². The molecular weight excluding hydrogens is 597 g/mol. The first-order valence-electron chi connectivity index (χ1n) is 15.6. The van der Waals surface area contributed by atoms with Crippen LogP contribution in [-0.2, 0) is 14.8 Å². The first kappa shape index (κ1) is 31.2. The maximum atomic E-state index is 13.9. The summed E-state index contributed by atoms with van der Waals surface area (Å²) in [6.45, 7) is 6.11. The van der Waals surface area contributed by atoms with E-state index in [1.807, 2.05) is 6.07 Å². The van der Waals surface area contributed by atoms with Crippen LogP contribution in [0.25, 0.3) is 0 Å². The van der Waals surface area contributed by atoms with Crippen LogP contribution in [0.3, 0.4) is 0 Å². The quantitative estimate of drug-likeness (QED) is 0.344. The van der Waals surface area contributed by atoms with Gasteiger partial charge >= 0.3 is 6.01 Å². The third-order valence-electron chi connectivity index (χ3n) is 9.53. The number of carbonyl (C=O) groups excluding carboxylic acids is 1. The number of rotatable bonds is 8. The van der Waals surface area contributed by atoms with Crippen molar-refractivity contribution in [2.75, 3.05) is 49.7 Å². The molecule has 6 rings (SSSR count). The molecule has 45 heavy (non-hydrogen) atoms. The highest BCUT2D eigenvalue weighted by atomic mass is 32.2. The summed E-state index contributed by atoms with van der Waals surface area (Å²) < 4.78 is 54.2. The van der Waals surface area contributed by atoms with Crippen molar-refractivity contribution in [3.63, 3.8) is 0 Å². The number of halogens is 1. The minimum absolute atomic E-state index is 0.104. The molecule has 3 fully saturated rings. The van der Waals surface area contributed by atoms with Gasteiger partial charge in [0.2, 0.25) is 15.9 Å². The minimum Gasteiger partial charge on any atom is -0.497 e. The molecule has 0 saturated carbocycles. The Bertz CT molecular complexity index is 1640. The van der Waals surface area contributed by atoms with Gasteiger partial charge in [0.25, 0.3) is 0 Å². The third kappa shape index (κ3) is 6.09. The lowest BCUT2D eigenvalue weighted by Crippen LogP contribution is -2.47. The summed E-state index contributed by atoms with van der Waals surface area (Å²) >= 11 is 0. The molecule has 0 radical (unpaired) electrons. The van der Waals surface area contributed by atoms with E-state index in [9.17, 15) is 17.6 Å².